The molecule has 2 aliphatic carbocycles. The third-order valence-corrected chi connectivity index (χ3v) is 4.99. The molecule has 3 fully saturated rings. The van der Waals surface area contributed by atoms with Crippen molar-refractivity contribution in [1.82, 2.24) is 10.2 Å². The summed E-state index contributed by atoms with van der Waals surface area (Å²) < 4.78 is 0. The van der Waals surface area contributed by atoms with E-state index in [1.165, 1.54) is 71.2 Å². The van der Waals surface area contributed by atoms with Crippen LogP contribution < -0.4 is 5.32 Å². The largest absolute Gasteiger partial charge is 0.316 e. The first-order valence-corrected chi connectivity index (χ1v) is 7.38. The molecule has 0 bridgehead atoms. The highest BCUT2D eigenvalue weighted by molar-refractivity contribution is 5.01. The molecule has 2 nitrogen and oxygen atoms in total. The fourth-order valence-corrected chi connectivity index (χ4v) is 3.98. The number of nitrogens with one attached hydrogen (secondary N) is 1. The van der Waals surface area contributed by atoms with E-state index in [1.54, 1.807) is 0 Å². The van der Waals surface area contributed by atoms with Crippen molar-refractivity contribution >= 4 is 0 Å². The van der Waals surface area contributed by atoms with Crippen LogP contribution in [0.2, 0.25) is 0 Å². The summed E-state index contributed by atoms with van der Waals surface area (Å²) in [5.74, 6) is 3.33. The van der Waals surface area contributed by atoms with Gasteiger partial charge in [0.2, 0.25) is 0 Å². The van der Waals surface area contributed by atoms with Gasteiger partial charge in [0.1, 0.15) is 0 Å². The molecule has 0 aromatic heterocycles. The normalized spacial score (nSPS) is 37.9. The molecule has 1 aliphatic heterocycles. The molecule has 2 saturated carbocycles. The van der Waals surface area contributed by atoms with E-state index in [4.69, 9.17) is 0 Å². The van der Waals surface area contributed by atoms with Crippen molar-refractivity contribution in [2.24, 2.45) is 17.8 Å². The van der Waals surface area contributed by atoms with Gasteiger partial charge in [-0.15, -0.1) is 0 Å². The van der Waals surface area contributed by atoms with Gasteiger partial charge in [-0.1, -0.05) is 6.42 Å². The molecular weight excluding hydrogens is 196 g/mol. The van der Waals surface area contributed by atoms with Gasteiger partial charge in [-0.2, -0.15) is 0 Å². The lowest BCUT2D eigenvalue weighted by atomic mass is 10.1. The Morgan fingerprint density at radius 3 is 2.50 bits per heavy atom. The van der Waals surface area contributed by atoms with E-state index < -0.39 is 0 Å². The van der Waals surface area contributed by atoms with Crippen LogP contribution in [-0.2, 0) is 0 Å². The summed E-state index contributed by atoms with van der Waals surface area (Å²) in [5.41, 5.74) is 0. The Kier molecular flexibility index (Phi) is 3.49. The molecule has 0 amide bonds. The minimum absolute atomic E-state index is 1.07. The molecule has 0 aromatic carbocycles. The van der Waals surface area contributed by atoms with Gasteiger partial charge < -0.3 is 10.2 Å². The van der Waals surface area contributed by atoms with Gasteiger partial charge in [0.25, 0.3) is 0 Å². The molecule has 1 heterocycles. The summed E-state index contributed by atoms with van der Waals surface area (Å²) in [4.78, 5) is 2.62. The van der Waals surface area contributed by atoms with Gasteiger partial charge in [-0.3, -0.25) is 0 Å². The van der Waals surface area contributed by atoms with Crippen molar-refractivity contribution in [3.8, 4) is 0 Å². The van der Waals surface area contributed by atoms with Crippen molar-refractivity contribution in [1.29, 1.82) is 0 Å². The lowest BCUT2D eigenvalue weighted by Gasteiger charge is -2.14. The summed E-state index contributed by atoms with van der Waals surface area (Å²) >= 11 is 0. The highest BCUT2D eigenvalue weighted by Crippen LogP contribution is 2.56. The second kappa shape index (κ2) is 5.05. The zero-order valence-electron chi connectivity index (χ0n) is 10.5. The van der Waals surface area contributed by atoms with Gasteiger partial charge in [0.05, 0.1) is 0 Å². The SMILES string of the molecule is C1CC2C(C1)C2CNCCCN1CCCC1. The average Bonchev–Trinajstić information content (AvgIpc) is 2.79. The van der Waals surface area contributed by atoms with Gasteiger partial charge in [0.15, 0.2) is 0 Å². The summed E-state index contributed by atoms with van der Waals surface area (Å²) in [6.45, 7) is 6.59. The molecule has 3 rings (SSSR count). The van der Waals surface area contributed by atoms with Crippen LogP contribution in [0.5, 0.6) is 0 Å². The predicted octanol–water partition coefficient (Wildman–Crippen LogP) is 2.11. The molecule has 16 heavy (non-hydrogen) atoms. The highest BCUT2D eigenvalue weighted by Gasteiger charge is 2.51. The van der Waals surface area contributed by atoms with Gasteiger partial charge >= 0.3 is 0 Å². The number of hydrogen-bond donors (Lipinski definition) is 1. The molecule has 92 valence electrons. The third-order valence-electron chi connectivity index (χ3n) is 4.99. The molecule has 0 aromatic rings. The van der Waals surface area contributed by atoms with Gasteiger partial charge in [-0.25, -0.2) is 0 Å². The standard InChI is InChI=1S/C14H26N2/c1-2-9-16(8-1)10-4-7-15-11-14-12-5-3-6-13(12)14/h12-15H,1-11H2. The molecule has 1 saturated heterocycles. The summed E-state index contributed by atoms with van der Waals surface area (Å²) in [5, 5.41) is 3.67. The highest BCUT2D eigenvalue weighted by atomic mass is 15.1. The molecule has 0 radical (unpaired) electrons. The minimum atomic E-state index is 1.07. The lowest BCUT2D eigenvalue weighted by Crippen LogP contribution is -2.26. The summed E-state index contributed by atoms with van der Waals surface area (Å²) in [6.07, 6.45) is 8.79. The fraction of sp³-hybridized carbons (Fsp3) is 1.00. The van der Waals surface area contributed by atoms with E-state index in [2.05, 4.69) is 10.2 Å². The Labute approximate surface area is 99.8 Å². The first kappa shape index (κ1) is 11.0. The van der Waals surface area contributed by atoms with Crippen LogP contribution in [-0.4, -0.2) is 37.6 Å². The van der Waals surface area contributed by atoms with E-state index in [0.29, 0.717) is 0 Å². The van der Waals surface area contributed by atoms with Crippen LogP contribution in [0.4, 0.5) is 0 Å². The van der Waals surface area contributed by atoms with Crippen LogP contribution in [0.15, 0.2) is 0 Å². The monoisotopic (exact) mass is 222 g/mol. The molecule has 2 unspecified atom stereocenters. The maximum Gasteiger partial charge on any atom is -0.000664 e. The zero-order chi connectivity index (χ0) is 10.8. The number of hydrogen-bond acceptors (Lipinski definition) is 2. The van der Waals surface area contributed by atoms with E-state index in [9.17, 15) is 0 Å². The first-order valence-electron chi connectivity index (χ1n) is 7.38. The average molecular weight is 222 g/mol. The van der Waals surface area contributed by atoms with E-state index in [1.807, 2.05) is 0 Å². The molecule has 2 atom stereocenters. The van der Waals surface area contributed by atoms with E-state index in [-0.39, 0.29) is 0 Å². The third kappa shape index (κ3) is 2.43. The maximum absolute atomic E-state index is 3.67. The summed E-state index contributed by atoms with van der Waals surface area (Å²) in [7, 11) is 0. The molecule has 3 aliphatic rings. The predicted molar refractivity (Wildman–Crippen MR) is 67.5 cm³/mol. The number of nitrogens with zero attached hydrogens (tertiary/aromatic N) is 1. The molecule has 0 spiro atoms. The number of rotatable bonds is 6. The van der Waals surface area contributed by atoms with Crippen molar-refractivity contribution < 1.29 is 0 Å². The van der Waals surface area contributed by atoms with Crippen molar-refractivity contribution in [3.05, 3.63) is 0 Å². The maximum atomic E-state index is 3.67. The molecular formula is C14H26N2. The Morgan fingerprint density at radius 1 is 1.00 bits per heavy atom. The van der Waals surface area contributed by atoms with Gasteiger partial charge in [-0.05, 0) is 82.6 Å². The Hall–Kier alpha value is -0.0800. The number of likely N-dealkylation sites (tertiary alicyclic amines) is 1. The van der Waals surface area contributed by atoms with E-state index in [0.717, 1.165) is 17.8 Å². The smallest absolute Gasteiger partial charge is 0.000664 e. The summed E-state index contributed by atoms with van der Waals surface area (Å²) in [6, 6.07) is 0. The Balaban J connectivity index is 1.20. The second-order valence-electron chi connectivity index (χ2n) is 6.03. The topological polar surface area (TPSA) is 15.3 Å². The van der Waals surface area contributed by atoms with Crippen molar-refractivity contribution in [2.75, 3.05) is 32.7 Å². The number of fused-ring (bicyclic) bond motifs is 1. The van der Waals surface area contributed by atoms with Gasteiger partial charge in [0, 0.05) is 0 Å². The molecule has 2 heteroatoms. The quantitative estimate of drug-likeness (QED) is 0.692. The second-order valence-corrected chi connectivity index (χ2v) is 6.03. The first-order chi connectivity index (χ1) is 7.95. The fourth-order valence-electron chi connectivity index (χ4n) is 3.98. The Morgan fingerprint density at radius 2 is 1.75 bits per heavy atom. The molecule has 1 N–H and O–H groups in total. The van der Waals surface area contributed by atoms with Crippen LogP contribution >= 0.6 is 0 Å². The van der Waals surface area contributed by atoms with Crippen LogP contribution in [0, 0.1) is 17.8 Å². The zero-order valence-corrected chi connectivity index (χ0v) is 10.5. The van der Waals surface area contributed by atoms with Crippen LogP contribution in [0.1, 0.15) is 38.5 Å². The minimum Gasteiger partial charge on any atom is -0.316 e. The Bertz CT molecular complexity index is 213. The van der Waals surface area contributed by atoms with E-state index >= 15 is 0 Å². The van der Waals surface area contributed by atoms with Crippen LogP contribution in [0.3, 0.4) is 0 Å². The van der Waals surface area contributed by atoms with Crippen LogP contribution in [0.25, 0.3) is 0 Å². The van der Waals surface area contributed by atoms with Crippen molar-refractivity contribution in [2.45, 2.75) is 38.5 Å². The van der Waals surface area contributed by atoms with Crippen molar-refractivity contribution in [3.63, 3.8) is 0 Å². The lowest BCUT2D eigenvalue weighted by molar-refractivity contribution is 0.330.